The number of ether oxygens (including phenoxy) is 4. The monoisotopic (exact) mass is 1440 g/mol. The van der Waals surface area contributed by atoms with E-state index in [0.29, 0.717) is 31.6 Å². The van der Waals surface area contributed by atoms with Crippen LogP contribution in [0.4, 0.5) is 0 Å². The highest BCUT2D eigenvalue weighted by atomic mass is 31.2. The van der Waals surface area contributed by atoms with Gasteiger partial charge in [-0.25, -0.2) is 9.13 Å². The lowest BCUT2D eigenvalue weighted by Crippen LogP contribution is -2.30. The molecule has 0 fully saturated rings. The van der Waals surface area contributed by atoms with Crippen LogP contribution in [0.25, 0.3) is 0 Å². The van der Waals surface area contributed by atoms with E-state index in [1.807, 2.05) is 0 Å². The van der Waals surface area contributed by atoms with Crippen LogP contribution in [-0.2, 0) is 65.4 Å². The van der Waals surface area contributed by atoms with Gasteiger partial charge < -0.3 is 33.8 Å². The molecule has 0 aromatic rings. The van der Waals surface area contributed by atoms with Crippen molar-refractivity contribution in [3.8, 4) is 0 Å². The number of aliphatic hydroxyl groups excluding tert-OH is 1. The number of aliphatic hydroxyl groups is 1. The van der Waals surface area contributed by atoms with Crippen LogP contribution in [0.2, 0.25) is 0 Å². The molecule has 0 aromatic carbocycles. The first-order chi connectivity index (χ1) is 47.1. The van der Waals surface area contributed by atoms with Gasteiger partial charge in [0.1, 0.15) is 19.3 Å². The highest BCUT2D eigenvalue weighted by molar-refractivity contribution is 7.47. The number of esters is 4. The molecule has 0 aliphatic heterocycles. The molecule has 0 heterocycles. The second kappa shape index (κ2) is 68.2. The number of hydrogen-bond donors (Lipinski definition) is 3. The SMILES string of the molecule is CC(C)CCCCCCCCCCCCCCCCCCC(=O)OC[C@H](COP(=O)(O)OCC(O)COP(=O)(O)OC[C@@H](COC(=O)CCCCCCCCCC(C)C)OC(=O)CCCCCCCCCCCC(C)C)OC(=O)CCCCCCCCCCCCCCCCC(C)C. The number of phosphoric acid groups is 2. The fraction of sp³-hybridized carbons (Fsp3) is 0.949. The maximum absolute atomic E-state index is 13.1. The van der Waals surface area contributed by atoms with Crippen molar-refractivity contribution in [3.63, 3.8) is 0 Å². The highest BCUT2D eigenvalue weighted by Crippen LogP contribution is 2.45. The second-order valence-electron chi connectivity index (χ2n) is 30.4. The van der Waals surface area contributed by atoms with Crippen LogP contribution in [0.15, 0.2) is 0 Å². The van der Waals surface area contributed by atoms with Gasteiger partial charge in [0, 0.05) is 25.7 Å². The van der Waals surface area contributed by atoms with E-state index in [1.165, 1.54) is 199 Å². The molecule has 0 bridgehead atoms. The van der Waals surface area contributed by atoms with Gasteiger partial charge in [-0.05, 0) is 49.4 Å². The van der Waals surface area contributed by atoms with E-state index in [9.17, 15) is 43.2 Å². The van der Waals surface area contributed by atoms with Crippen LogP contribution in [0.5, 0.6) is 0 Å². The molecule has 0 aliphatic rings. The zero-order valence-corrected chi connectivity index (χ0v) is 66.2. The maximum Gasteiger partial charge on any atom is 0.472 e. The van der Waals surface area contributed by atoms with E-state index in [1.54, 1.807) is 0 Å². The van der Waals surface area contributed by atoms with Gasteiger partial charge >= 0.3 is 39.5 Å². The first kappa shape index (κ1) is 96.1. The first-order valence-electron chi connectivity index (χ1n) is 40.7. The standard InChI is InChI=1S/C79H154O17P2/c1-69(2)55-47-39-31-24-19-15-11-9-10-12-17-21-27-35-43-51-59-76(81)89-65-74(95-78(83)61-53-45-36-28-22-18-14-13-16-20-25-32-40-48-56-70(3)4)67-93-97(85,86)91-63-73(80)64-92-98(87,88)94-68-75(66-90-77(82)60-52-44-38-30-34-42-50-58-72(7)8)96-79(84)62-54-46-37-29-23-26-33-41-49-57-71(5)6/h69-75,80H,9-68H2,1-8H3,(H,85,86)(H,87,88)/t73?,74-,75-/m1/s1. The Morgan fingerprint density at radius 1 is 0.255 bits per heavy atom. The molecule has 3 N–H and O–H groups in total. The minimum Gasteiger partial charge on any atom is -0.462 e. The fourth-order valence-corrected chi connectivity index (χ4v) is 13.7. The summed E-state index contributed by atoms with van der Waals surface area (Å²) in [5.41, 5.74) is 0. The van der Waals surface area contributed by atoms with Crippen molar-refractivity contribution in [2.24, 2.45) is 23.7 Å². The van der Waals surface area contributed by atoms with Gasteiger partial charge in [-0.2, -0.15) is 0 Å². The van der Waals surface area contributed by atoms with Gasteiger partial charge in [0.25, 0.3) is 0 Å². The molecule has 0 saturated heterocycles. The Hall–Kier alpha value is -1.94. The summed E-state index contributed by atoms with van der Waals surface area (Å²) < 4.78 is 68.6. The third-order valence-corrected chi connectivity index (χ3v) is 20.2. The maximum atomic E-state index is 13.1. The van der Waals surface area contributed by atoms with Crippen LogP contribution in [0, 0.1) is 23.7 Å². The molecule has 0 rings (SSSR count). The molecule has 0 spiro atoms. The third-order valence-electron chi connectivity index (χ3n) is 18.3. The summed E-state index contributed by atoms with van der Waals surface area (Å²) in [4.78, 5) is 72.9. The predicted molar refractivity (Wildman–Crippen MR) is 400 cm³/mol. The van der Waals surface area contributed by atoms with Gasteiger partial charge in [0.15, 0.2) is 12.2 Å². The Kier molecular flexibility index (Phi) is 66.8. The van der Waals surface area contributed by atoms with Gasteiger partial charge in [-0.15, -0.1) is 0 Å². The summed E-state index contributed by atoms with van der Waals surface area (Å²) >= 11 is 0. The zero-order valence-electron chi connectivity index (χ0n) is 64.4. The van der Waals surface area contributed by atoms with Crippen molar-refractivity contribution in [3.05, 3.63) is 0 Å². The number of rotatable bonds is 76. The van der Waals surface area contributed by atoms with E-state index >= 15 is 0 Å². The number of carbonyl (C=O) groups excluding carboxylic acids is 4. The number of phosphoric ester groups is 2. The van der Waals surface area contributed by atoms with E-state index < -0.39 is 97.5 Å². The van der Waals surface area contributed by atoms with E-state index in [2.05, 4.69) is 55.4 Å². The minimum atomic E-state index is -4.96. The Bertz CT molecular complexity index is 1920. The molecule has 582 valence electrons. The summed E-state index contributed by atoms with van der Waals surface area (Å²) in [6.07, 6.45) is 54.3. The molecule has 5 atom stereocenters. The van der Waals surface area contributed by atoms with Crippen molar-refractivity contribution in [1.82, 2.24) is 0 Å². The predicted octanol–water partition coefficient (Wildman–Crippen LogP) is 23.2. The lowest BCUT2D eigenvalue weighted by Gasteiger charge is -2.21. The highest BCUT2D eigenvalue weighted by Gasteiger charge is 2.30. The van der Waals surface area contributed by atoms with Gasteiger partial charge in [-0.3, -0.25) is 37.3 Å². The van der Waals surface area contributed by atoms with Crippen molar-refractivity contribution < 1.29 is 80.2 Å². The second-order valence-corrected chi connectivity index (χ2v) is 33.3. The van der Waals surface area contributed by atoms with Crippen molar-refractivity contribution in [1.29, 1.82) is 0 Å². The average Bonchev–Trinajstić information content (AvgIpc) is 0.964. The van der Waals surface area contributed by atoms with Crippen molar-refractivity contribution in [2.45, 2.75) is 420 Å². The molecule has 0 radical (unpaired) electrons. The molecule has 3 unspecified atom stereocenters. The lowest BCUT2D eigenvalue weighted by atomic mass is 10.0. The quantitative estimate of drug-likeness (QED) is 0.0222. The molecule has 0 aromatic heterocycles. The minimum absolute atomic E-state index is 0.104. The fourth-order valence-electron chi connectivity index (χ4n) is 12.1. The first-order valence-corrected chi connectivity index (χ1v) is 43.7. The molecule has 19 heteroatoms. The summed E-state index contributed by atoms with van der Waals surface area (Å²) in [7, 11) is -9.92. The van der Waals surface area contributed by atoms with Crippen LogP contribution in [0.3, 0.4) is 0 Å². The normalized spacial score (nSPS) is 14.1. The van der Waals surface area contributed by atoms with E-state index in [4.69, 9.17) is 37.0 Å². The van der Waals surface area contributed by atoms with Crippen molar-refractivity contribution in [2.75, 3.05) is 39.6 Å². The lowest BCUT2D eigenvalue weighted by molar-refractivity contribution is -0.161. The number of unbranched alkanes of at least 4 members (excludes halogenated alkanes) is 42. The average molecular weight is 1440 g/mol. The van der Waals surface area contributed by atoms with Crippen LogP contribution < -0.4 is 0 Å². The molecular weight excluding hydrogens is 1280 g/mol. The molecule has 0 amide bonds. The Balaban J connectivity index is 5.23. The molecule has 17 nitrogen and oxygen atoms in total. The summed E-state index contributed by atoms with van der Waals surface area (Å²) in [5, 5.41) is 10.6. The Morgan fingerprint density at radius 2 is 0.429 bits per heavy atom. The Labute approximate surface area is 600 Å². The summed E-state index contributed by atoms with van der Waals surface area (Å²) in [6.45, 7) is 14.2. The van der Waals surface area contributed by atoms with Crippen LogP contribution in [-0.4, -0.2) is 96.7 Å². The molecular formula is C79H154O17P2. The van der Waals surface area contributed by atoms with Crippen molar-refractivity contribution >= 4 is 39.5 Å². The molecule has 98 heavy (non-hydrogen) atoms. The Morgan fingerprint density at radius 3 is 0.633 bits per heavy atom. The number of carbonyl (C=O) groups is 4. The van der Waals surface area contributed by atoms with E-state index in [-0.39, 0.29) is 25.7 Å². The van der Waals surface area contributed by atoms with Crippen LogP contribution >= 0.6 is 15.6 Å². The van der Waals surface area contributed by atoms with Gasteiger partial charge in [0.05, 0.1) is 26.4 Å². The number of hydrogen-bond acceptors (Lipinski definition) is 15. The smallest absolute Gasteiger partial charge is 0.462 e. The molecule has 0 aliphatic carbocycles. The summed E-state index contributed by atoms with van der Waals surface area (Å²) in [5.74, 6) is 0.931. The largest absolute Gasteiger partial charge is 0.472 e. The van der Waals surface area contributed by atoms with Gasteiger partial charge in [-0.1, -0.05) is 351 Å². The summed E-state index contributed by atoms with van der Waals surface area (Å²) in [6, 6.07) is 0. The zero-order chi connectivity index (χ0) is 72.4. The van der Waals surface area contributed by atoms with Gasteiger partial charge in [0.2, 0.25) is 0 Å². The third kappa shape index (κ3) is 72.4. The topological polar surface area (TPSA) is 237 Å². The van der Waals surface area contributed by atoms with E-state index in [0.717, 1.165) is 114 Å². The van der Waals surface area contributed by atoms with Crippen LogP contribution in [0.1, 0.15) is 402 Å². The molecule has 0 saturated carbocycles.